The van der Waals surface area contributed by atoms with Crippen molar-refractivity contribution in [3.8, 4) is 39.1 Å². The molecular weight excluding hydrogens is 653 g/mol. The SMILES string of the molecule is c1ccc(N(c2ccc(-c3ccc(-c4cccc5ccccc45)cc3)cc2)c2ccc(-c3ccccc3-n3c4ccccc4c4ccccc43)cc2)cc1. The van der Waals surface area contributed by atoms with Crippen LogP contribution in [0.1, 0.15) is 0 Å². The third-order valence-electron chi connectivity index (χ3n) is 10.6. The molecule has 0 saturated carbocycles. The highest BCUT2D eigenvalue weighted by Gasteiger charge is 2.17. The van der Waals surface area contributed by atoms with Crippen LogP contribution >= 0.6 is 0 Å². The van der Waals surface area contributed by atoms with Crippen LogP contribution in [0.5, 0.6) is 0 Å². The van der Waals surface area contributed by atoms with Crippen molar-refractivity contribution in [1.29, 1.82) is 0 Å². The van der Waals surface area contributed by atoms with Crippen molar-refractivity contribution in [2.45, 2.75) is 0 Å². The van der Waals surface area contributed by atoms with Crippen LogP contribution < -0.4 is 4.90 Å². The zero-order valence-corrected chi connectivity index (χ0v) is 29.7. The molecule has 0 N–H and O–H groups in total. The van der Waals surface area contributed by atoms with Crippen molar-refractivity contribution < 1.29 is 0 Å². The Hall–Kier alpha value is -7.16. The average Bonchev–Trinajstić information content (AvgIpc) is 3.59. The zero-order chi connectivity index (χ0) is 35.8. The van der Waals surface area contributed by atoms with Gasteiger partial charge in [-0.2, -0.15) is 0 Å². The molecule has 2 nitrogen and oxygen atoms in total. The third kappa shape index (κ3) is 5.53. The lowest BCUT2D eigenvalue weighted by molar-refractivity contribution is 1.18. The molecule has 0 atom stereocenters. The van der Waals surface area contributed by atoms with Gasteiger partial charge in [0.05, 0.1) is 16.7 Å². The second-order valence-corrected chi connectivity index (χ2v) is 13.8. The minimum atomic E-state index is 1.10. The molecule has 9 aromatic carbocycles. The number of nitrogens with zero attached hydrogens (tertiary/aromatic N) is 2. The van der Waals surface area contributed by atoms with Gasteiger partial charge in [0.2, 0.25) is 0 Å². The van der Waals surface area contributed by atoms with Crippen molar-refractivity contribution >= 4 is 49.6 Å². The number of hydrogen-bond acceptors (Lipinski definition) is 1. The van der Waals surface area contributed by atoms with Crippen LogP contribution in [0.25, 0.3) is 71.6 Å². The molecule has 0 unspecified atom stereocenters. The summed E-state index contributed by atoms with van der Waals surface area (Å²) in [5.74, 6) is 0. The molecule has 1 aromatic heterocycles. The summed E-state index contributed by atoms with van der Waals surface area (Å²) in [6.45, 7) is 0. The Bertz CT molecular complexity index is 2840. The van der Waals surface area contributed by atoms with E-state index < -0.39 is 0 Å². The fourth-order valence-electron chi connectivity index (χ4n) is 8.03. The molecule has 0 fully saturated rings. The van der Waals surface area contributed by atoms with E-state index in [9.17, 15) is 0 Å². The minimum Gasteiger partial charge on any atom is -0.311 e. The molecule has 254 valence electrons. The van der Waals surface area contributed by atoms with Gasteiger partial charge in [0.15, 0.2) is 0 Å². The fourth-order valence-corrected chi connectivity index (χ4v) is 8.03. The van der Waals surface area contributed by atoms with Crippen LogP contribution in [-0.4, -0.2) is 4.57 Å². The second-order valence-electron chi connectivity index (χ2n) is 13.8. The predicted octanol–water partition coefficient (Wildman–Crippen LogP) is 14.4. The van der Waals surface area contributed by atoms with Gasteiger partial charge in [-0.15, -0.1) is 0 Å². The summed E-state index contributed by atoms with van der Waals surface area (Å²) in [7, 11) is 0. The van der Waals surface area contributed by atoms with Gasteiger partial charge >= 0.3 is 0 Å². The van der Waals surface area contributed by atoms with E-state index in [1.807, 2.05) is 0 Å². The number of benzene rings is 9. The highest BCUT2D eigenvalue weighted by Crippen LogP contribution is 2.40. The van der Waals surface area contributed by atoms with Crippen LogP contribution in [0.4, 0.5) is 17.1 Å². The summed E-state index contributed by atoms with van der Waals surface area (Å²) in [5, 5.41) is 5.07. The highest BCUT2D eigenvalue weighted by atomic mass is 15.1. The first-order chi connectivity index (χ1) is 26.8. The normalized spacial score (nSPS) is 11.3. The molecule has 0 spiro atoms. The molecule has 10 aromatic rings. The Balaban J connectivity index is 0.985. The lowest BCUT2D eigenvalue weighted by atomic mass is 9.96. The highest BCUT2D eigenvalue weighted by molar-refractivity contribution is 6.09. The van der Waals surface area contributed by atoms with Gasteiger partial charge in [-0.1, -0.05) is 164 Å². The van der Waals surface area contributed by atoms with Gasteiger partial charge in [0.1, 0.15) is 0 Å². The van der Waals surface area contributed by atoms with E-state index in [2.05, 4.69) is 228 Å². The van der Waals surface area contributed by atoms with E-state index in [1.165, 1.54) is 71.6 Å². The second kappa shape index (κ2) is 13.4. The van der Waals surface area contributed by atoms with E-state index in [0.717, 1.165) is 17.1 Å². The molecule has 0 bridgehead atoms. The number of rotatable bonds is 7. The van der Waals surface area contributed by atoms with Crippen molar-refractivity contribution in [1.82, 2.24) is 4.57 Å². The maximum absolute atomic E-state index is 2.41. The Labute approximate surface area is 315 Å². The lowest BCUT2D eigenvalue weighted by Gasteiger charge is -2.26. The third-order valence-corrected chi connectivity index (χ3v) is 10.6. The van der Waals surface area contributed by atoms with Crippen molar-refractivity contribution in [3.05, 3.63) is 218 Å². The number of anilines is 3. The van der Waals surface area contributed by atoms with E-state index in [0.29, 0.717) is 0 Å². The summed E-state index contributed by atoms with van der Waals surface area (Å²) in [6, 6.07) is 78.7. The predicted molar refractivity (Wildman–Crippen MR) is 229 cm³/mol. The summed E-state index contributed by atoms with van der Waals surface area (Å²) >= 11 is 0. The molecule has 1 heterocycles. The molecule has 0 saturated heterocycles. The van der Waals surface area contributed by atoms with Gasteiger partial charge in [0, 0.05) is 33.4 Å². The first-order valence-electron chi connectivity index (χ1n) is 18.5. The molecule has 0 aliphatic rings. The smallest absolute Gasteiger partial charge is 0.0541 e. The van der Waals surface area contributed by atoms with Crippen LogP contribution in [0.15, 0.2) is 218 Å². The first-order valence-corrected chi connectivity index (χ1v) is 18.5. The molecule has 0 radical (unpaired) electrons. The van der Waals surface area contributed by atoms with E-state index in [4.69, 9.17) is 0 Å². The number of aromatic nitrogens is 1. The minimum absolute atomic E-state index is 1.10. The topological polar surface area (TPSA) is 8.17 Å². The first kappa shape index (κ1) is 31.6. The maximum atomic E-state index is 2.41. The van der Waals surface area contributed by atoms with Crippen molar-refractivity contribution in [2.75, 3.05) is 4.90 Å². The van der Waals surface area contributed by atoms with Crippen LogP contribution in [-0.2, 0) is 0 Å². The van der Waals surface area contributed by atoms with E-state index in [1.54, 1.807) is 0 Å². The molecule has 0 aliphatic heterocycles. The van der Waals surface area contributed by atoms with Gasteiger partial charge < -0.3 is 9.47 Å². The average molecular weight is 689 g/mol. The van der Waals surface area contributed by atoms with Crippen LogP contribution in [0.3, 0.4) is 0 Å². The van der Waals surface area contributed by atoms with Gasteiger partial charge in [-0.25, -0.2) is 0 Å². The molecule has 0 amide bonds. The molecule has 54 heavy (non-hydrogen) atoms. The largest absolute Gasteiger partial charge is 0.311 e. The maximum Gasteiger partial charge on any atom is 0.0541 e. The van der Waals surface area contributed by atoms with E-state index in [-0.39, 0.29) is 0 Å². The number of para-hydroxylation sites is 4. The summed E-state index contributed by atoms with van der Waals surface area (Å²) in [5.41, 5.74) is 14.1. The van der Waals surface area contributed by atoms with Gasteiger partial charge in [-0.05, 0) is 93.2 Å². The van der Waals surface area contributed by atoms with Crippen LogP contribution in [0, 0.1) is 0 Å². The Morgan fingerprint density at radius 2 is 0.704 bits per heavy atom. The quantitative estimate of drug-likeness (QED) is 0.162. The summed E-state index contributed by atoms with van der Waals surface area (Å²) in [6.07, 6.45) is 0. The monoisotopic (exact) mass is 688 g/mol. The van der Waals surface area contributed by atoms with Crippen molar-refractivity contribution in [2.24, 2.45) is 0 Å². The molecule has 2 heteroatoms. The summed E-state index contributed by atoms with van der Waals surface area (Å²) < 4.78 is 2.41. The molecule has 10 rings (SSSR count). The number of fused-ring (bicyclic) bond motifs is 4. The summed E-state index contributed by atoms with van der Waals surface area (Å²) in [4.78, 5) is 2.33. The van der Waals surface area contributed by atoms with Gasteiger partial charge in [-0.3, -0.25) is 0 Å². The molecular formula is C52H36N2. The van der Waals surface area contributed by atoms with E-state index >= 15 is 0 Å². The Kier molecular flexibility index (Phi) is 7.85. The number of hydrogen-bond donors (Lipinski definition) is 0. The van der Waals surface area contributed by atoms with Crippen molar-refractivity contribution in [3.63, 3.8) is 0 Å². The van der Waals surface area contributed by atoms with Crippen LogP contribution in [0.2, 0.25) is 0 Å². The standard InChI is InChI=1S/C52H36N2/c1-2-15-42(16-3-1)53(43-33-29-38(30-34-43)37-25-27-40(28-26-37)46-21-12-14-39-13-4-5-17-45(39)46)44-35-31-41(32-36-44)47-18-6-9-22-50(47)54-51-23-10-7-19-48(51)49-20-8-11-24-52(49)54/h1-36H. The fraction of sp³-hybridized carbons (Fsp3) is 0. The lowest BCUT2D eigenvalue weighted by Crippen LogP contribution is -2.09. The Morgan fingerprint density at radius 3 is 1.37 bits per heavy atom. The molecule has 0 aliphatic carbocycles. The Morgan fingerprint density at radius 1 is 0.278 bits per heavy atom. The van der Waals surface area contributed by atoms with Gasteiger partial charge in [0.25, 0.3) is 0 Å². The zero-order valence-electron chi connectivity index (χ0n) is 29.7.